The normalized spacial score (nSPS) is 11.9. The van der Waals surface area contributed by atoms with Crippen LogP contribution in [0.3, 0.4) is 0 Å². The zero-order valence-corrected chi connectivity index (χ0v) is 28.1. The molecule has 4 rings (SSSR count). The van der Waals surface area contributed by atoms with Crippen LogP contribution < -0.4 is 19.1 Å². The lowest BCUT2D eigenvalue weighted by Crippen LogP contribution is -2.54. The molecule has 4 aromatic rings. The van der Waals surface area contributed by atoms with Crippen molar-refractivity contribution in [2.45, 2.75) is 43.8 Å². The second kappa shape index (κ2) is 15.8. The first-order valence-electron chi connectivity index (χ1n) is 14.8. The van der Waals surface area contributed by atoms with Crippen LogP contribution in [0.2, 0.25) is 5.02 Å². The predicted octanol–water partition coefficient (Wildman–Crippen LogP) is 5.86. The van der Waals surface area contributed by atoms with Gasteiger partial charge in [0.05, 0.1) is 24.8 Å². The Labute approximate surface area is 279 Å². The Kier molecular flexibility index (Phi) is 11.8. The molecule has 12 heteroatoms. The summed E-state index contributed by atoms with van der Waals surface area (Å²) in [5.74, 6) is -1.17. The second-order valence-corrected chi connectivity index (χ2v) is 13.3. The van der Waals surface area contributed by atoms with Gasteiger partial charge in [0.25, 0.3) is 10.0 Å². The van der Waals surface area contributed by atoms with Gasteiger partial charge in [-0.3, -0.25) is 13.9 Å². The third-order valence-corrected chi connectivity index (χ3v) is 9.33. The van der Waals surface area contributed by atoms with E-state index in [1.165, 1.54) is 49.5 Å². The number of anilines is 1. The lowest BCUT2D eigenvalue weighted by molar-refractivity contribution is -0.140. The van der Waals surface area contributed by atoms with E-state index in [1.54, 1.807) is 24.3 Å². The van der Waals surface area contributed by atoms with Gasteiger partial charge >= 0.3 is 0 Å². The molecule has 0 radical (unpaired) electrons. The zero-order chi connectivity index (χ0) is 34.1. The smallest absolute Gasteiger partial charge is 0.264 e. The van der Waals surface area contributed by atoms with Crippen molar-refractivity contribution in [3.63, 3.8) is 0 Å². The predicted molar refractivity (Wildman–Crippen MR) is 180 cm³/mol. The van der Waals surface area contributed by atoms with Gasteiger partial charge in [-0.1, -0.05) is 54.1 Å². The number of nitrogens with one attached hydrogen (secondary N) is 1. The second-order valence-electron chi connectivity index (χ2n) is 11.0. The molecule has 0 bridgehead atoms. The van der Waals surface area contributed by atoms with Crippen LogP contribution in [0.15, 0.2) is 102 Å². The van der Waals surface area contributed by atoms with Crippen LogP contribution in [0.5, 0.6) is 11.5 Å². The topological polar surface area (TPSA) is 105 Å². The minimum absolute atomic E-state index is 0.0211. The van der Waals surface area contributed by atoms with Gasteiger partial charge in [-0.05, 0) is 73.5 Å². The fourth-order valence-electron chi connectivity index (χ4n) is 4.96. The molecule has 0 aliphatic carbocycles. The molecule has 2 amide bonds. The van der Waals surface area contributed by atoms with E-state index < -0.39 is 40.2 Å². The maximum absolute atomic E-state index is 14.5. The Bertz CT molecular complexity index is 1770. The van der Waals surface area contributed by atoms with Crippen LogP contribution in [0.1, 0.15) is 25.0 Å². The Morgan fingerprint density at radius 3 is 2.09 bits per heavy atom. The molecule has 0 saturated carbocycles. The van der Waals surface area contributed by atoms with Crippen molar-refractivity contribution in [2.24, 2.45) is 0 Å². The molecular weight excluding hydrogens is 645 g/mol. The maximum atomic E-state index is 14.5. The minimum atomic E-state index is -4.45. The highest BCUT2D eigenvalue weighted by molar-refractivity contribution is 7.92. The van der Waals surface area contributed by atoms with Crippen LogP contribution in [0, 0.1) is 5.82 Å². The van der Waals surface area contributed by atoms with Gasteiger partial charge < -0.3 is 19.7 Å². The van der Waals surface area contributed by atoms with Crippen LogP contribution in [-0.4, -0.2) is 58.0 Å². The van der Waals surface area contributed by atoms with Gasteiger partial charge in [-0.15, -0.1) is 0 Å². The number of benzene rings is 4. The lowest BCUT2D eigenvalue weighted by atomic mass is 10.0. The lowest BCUT2D eigenvalue weighted by Gasteiger charge is -2.34. The Morgan fingerprint density at radius 1 is 0.851 bits per heavy atom. The highest BCUT2D eigenvalue weighted by Gasteiger charge is 2.35. The van der Waals surface area contributed by atoms with Gasteiger partial charge in [0, 0.05) is 30.1 Å². The van der Waals surface area contributed by atoms with Crippen molar-refractivity contribution in [2.75, 3.05) is 25.1 Å². The Morgan fingerprint density at radius 2 is 1.49 bits per heavy atom. The molecule has 0 aromatic heterocycles. The van der Waals surface area contributed by atoms with Gasteiger partial charge in [-0.2, -0.15) is 0 Å². The van der Waals surface area contributed by atoms with E-state index in [4.69, 9.17) is 21.1 Å². The average Bonchev–Trinajstić information content (AvgIpc) is 3.06. The van der Waals surface area contributed by atoms with Crippen LogP contribution in [0.25, 0.3) is 0 Å². The van der Waals surface area contributed by atoms with Gasteiger partial charge in [0.1, 0.15) is 18.4 Å². The molecule has 9 nitrogen and oxygen atoms in total. The molecule has 0 unspecified atom stereocenters. The molecule has 4 aromatic carbocycles. The van der Waals surface area contributed by atoms with Gasteiger partial charge in [-0.25, -0.2) is 12.8 Å². The minimum Gasteiger partial charge on any atom is -0.493 e. The molecule has 0 heterocycles. The number of halogens is 2. The molecule has 0 saturated heterocycles. The van der Waals surface area contributed by atoms with Crippen LogP contribution in [0.4, 0.5) is 10.1 Å². The third kappa shape index (κ3) is 9.02. The summed E-state index contributed by atoms with van der Waals surface area (Å²) in [6.07, 6.45) is 0.164. The number of ether oxygens (including phenoxy) is 2. The SMILES string of the molecule is COc1ccc(S(=O)(=O)N(CC(=O)N(Cc2ccc(Cl)cc2)[C@H](Cc2ccccc2)C(=O)NC(C)C)c2ccc(F)cc2)cc1OC. The highest BCUT2D eigenvalue weighted by atomic mass is 35.5. The zero-order valence-electron chi connectivity index (χ0n) is 26.5. The molecule has 248 valence electrons. The van der Waals surface area contributed by atoms with Gasteiger partial charge in [0.15, 0.2) is 11.5 Å². The summed E-state index contributed by atoms with van der Waals surface area (Å²) in [6, 6.07) is 23.6. The summed E-state index contributed by atoms with van der Waals surface area (Å²) in [7, 11) is -1.65. The molecule has 0 spiro atoms. The summed E-state index contributed by atoms with van der Waals surface area (Å²) in [6.45, 7) is 2.91. The molecule has 47 heavy (non-hydrogen) atoms. The first-order valence-corrected chi connectivity index (χ1v) is 16.6. The van der Waals surface area contributed by atoms with E-state index in [2.05, 4.69) is 5.32 Å². The first kappa shape index (κ1) is 35.2. The summed E-state index contributed by atoms with van der Waals surface area (Å²) < 4.78 is 54.0. The van der Waals surface area contributed by atoms with Gasteiger partial charge in [0.2, 0.25) is 11.8 Å². The molecule has 0 aliphatic rings. The fourth-order valence-corrected chi connectivity index (χ4v) is 6.52. The van der Waals surface area contributed by atoms with Crippen molar-refractivity contribution >= 4 is 39.1 Å². The molecule has 0 fully saturated rings. The molecule has 0 aliphatic heterocycles. The van der Waals surface area contributed by atoms with Crippen molar-refractivity contribution in [3.8, 4) is 11.5 Å². The molecule has 1 atom stereocenters. The Balaban J connectivity index is 1.82. The van der Waals surface area contributed by atoms with E-state index in [0.29, 0.717) is 16.3 Å². The van der Waals surface area contributed by atoms with E-state index in [0.717, 1.165) is 22.0 Å². The van der Waals surface area contributed by atoms with Crippen molar-refractivity contribution in [1.82, 2.24) is 10.2 Å². The monoisotopic (exact) mass is 681 g/mol. The Hall–Kier alpha value is -4.61. The van der Waals surface area contributed by atoms with Crippen molar-refractivity contribution < 1.29 is 31.9 Å². The summed E-state index contributed by atoms with van der Waals surface area (Å²) in [4.78, 5) is 29.4. The maximum Gasteiger partial charge on any atom is 0.264 e. The summed E-state index contributed by atoms with van der Waals surface area (Å²) in [5, 5.41) is 3.40. The van der Waals surface area contributed by atoms with E-state index in [1.807, 2.05) is 44.2 Å². The number of carbonyl (C=O) groups excluding carboxylic acids is 2. The van der Waals surface area contributed by atoms with Crippen molar-refractivity contribution in [3.05, 3.63) is 119 Å². The highest BCUT2D eigenvalue weighted by Crippen LogP contribution is 2.32. The van der Waals surface area contributed by atoms with Crippen LogP contribution >= 0.6 is 11.6 Å². The summed E-state index contributed by atoms with van der Waals surface area (Å²) >= 11 is 6.12. The molecule has 1 N–H and O–H groups in total. The number of rotatable bonds is 14. The summed E-state index contributed by atoms with van der Waals surface area (Å²) in [5.41, 5.74) is 1.53. The number of sulfonamides is 1. The largest absolute Gasteiger partial charge is 0.493 e. The standard InChI is InChI=1S/C35H37ClFN3O6S/c1-24(2)38-35(42)31(20-25-8-6-5-7-9-25)39(22-26-10-12-27(36)13-11-26)34(41)23-40(29-16-14-28(37)15-17-29)47(43,44)30-18-19-32(45-3)33(21-30)46-4/h5-19,21,24,31H,20,22-23H2,1-4H3,(H,38,42)/t31-/m1/s1. The number of hydrogen-bond donors (Lipinski definition) is 1. The van der Waals surface area contributed by atoms with E-state index >= 15 is 0 Å². The third-order valence-electron chi connectivity index (χ3n) is 7.30. The van der Waals surface area contributed by atoms with E-state index in [9.17, 15) is 22.4 Å². The average molecular weight is 682 g/mol. The quantitative estimate of drug-likeness (QED) is 0.179. The van der Waals surface area contributed by atoms with Crippen LogP contribution in [-0.2, 0) is 32.6 Å². The fraction of sp³-hybridized carbons (Fsp3) is 0.257. The number of carbonyl (C=O) groups is 2. The number of hydrogen-bond acceptors (Lipinski definition) is 6. The molecular formula is C35H37ClFN3O6S. The first-order chi connectivity index (χ1) is 22.4. The van der Waals surface area contributed by atoms with E-state index in [-0.39, 0.29) is 35.3 Å². The number of nitrogens with zero attached hydrogens (tertiary/aromatic N) is 2. The van der Waals surface area contributed by atoms with Crippen molar-refractivity contribution in [1.29, 1.82) is 0 Å². The number of amides is 2. The number of methoxy groups -OCH3 is 2.